The number of nitrogens with one attached hydrogen (secondary N) is 2. The van der Waals surface area contributed by atoms with Crippen LogP contribution >= 0.6 is 0 Å². The van der Waals surface area contributed by atoms with Crippen molar-refractivity contribution in [2.75, 3.05) is 25.4 Å². The number of hydrogen-bond donors (Lipinski definition) is 2. The smallest absolute Gasteiger partial charge is 0.261 e. The predicted molar refractivity (Wildman–Crippen MR) is 93.8 cm³/mol. The SMILES string of the molecule is CC1CCNCC1NS(=O)(=O)CCCN1C(=O)c2ccccc2C1=O. The molecule has 1 aromatic rings. The van der Waals surface area contributed by atoms with Gasteiger partial charge in [0.1, 0.15) is 0 Å². The van der Waals surface area contributed by atoms with Gasteiger partial charge in [-0.2, -0.15) is 0 Å². The number of hydrogen-bond acceptors (Lipinski definition) is 5. The molecule has 25 heavy (non-hydrogen) atoms. The van der Waals surface area contributed by atoms with Crippen molar-refractivity contribution in [1.29, 1.82) is 0 Å². The molecule has 0 radical (unpaired) electrons. The molecule has 2 atom stereocenters. The molecule has 0 aromatic heterocycles. The summed E-state index contributed by atoms with van der Waals surface area (Å²) in [6.07, 6.45) is 1.15. The van der Waals surface area contributed by atoms with Gasteiger partial charge in [-0.15, -0.1) is 0 Å². The lowest BCUT2D eigenvalue weighted by molar-refractivity contribution is 0.0654. The van der Waals surface area contributed by atoms with Crippen LogP contribution in [0.2, 0.25) is 0 Å². The van der Waals surface area contributed by atoms with E-state index in [2.05, 4.69) is 10.0 Å². The van der Waals surface area contributed by atoms with Gasteiger partial charge in [-0.1, -0.05) is 19.1 Å². The van der Waals surface area contributed by atoms with Crippen LogP contribution in [0.5, 0.6) is 0 Å². The zero-order chi connectivity index (χ0) is 18.0. The standard InChI is InChI=1S/C17H23N3O4S/c1-12-7-8-18-11-15(12)19-25(23,24)10-4-9-20-16(21)13-5-2-3-6-14(13)17(20)22/h2-3,5-6,12,15,18-19H,4,7-11H2,1H3. The number of amides is 2. The summed E-state index contributed by atoms with van der Waals surface area (Å²) in [7, 11) is -3.45. The molecule has 1 aromatic carbocycles. The molecule has 2 aliphatic heterocycles. The minimum atomic E-state index is -3.45. The summed E-state index contributed by atoms with van der Waals surface area (Å²) >= 11 is 0. The molecule has 2 unspecified atom stereocenters. The fourth-order valence-corrected chi connectivity index (χ4v) is 4.70. The van der Waals surface area contributed by atoms with Gasteiger partial charge in [0.05, 0.1) is 16.9 Å². The fraction of sp³-hybridized carbons (Fsp3) is 0.529. The van der Waals surface area contributed by atoms with Crippen molar-refractivity contribution >= 4 is 21.8 Å². The van der Waals surface area contributed by atoms with E-state index >= 15 is 0 Å². The molecule has 3 rings (SSSR count). The second-order valence-electron chi connectivity index (χ2n) is 6.67. The van der Waals surface area contributed by atoms with E-state index < -0.39 is 10.0 Å². The molecule has 2 aliphatic rings. The number of carbonyl (C=O) groups is 2. The Morgan fingerprint density at radius 3 is 2.44 bits per heavy atom. The van der Waals surface area contributed by atoms with E-state index in [1.54, 1.807) is 24.3 Å². The van der Waals surface area contributed by atoms with Crippen LogP contribution in [0.1, 0.15) is 40.5 Å². The maximum absolute atomic E-state index is 12.3. The number of sulfonamides is 1. The summed E-state index contributed by atoms with van der Waals surface area (Å²) < 4.78 is 27.3. The number of nitrogens with zero attached hydrogens (tertiary/aromatic N) is 1. The Bertz CT molecular complexity index is 743. The van der Waals surface area contributed by atoms with Crippen LogP contribution in [0.4, 0.5) is 0 Å². The highest BCUT2D eigenvalue weighted by atomic mass is 32.2. The summed E-state index contributed by atoms with van der Waals surface area (Å²) in [4.78, 5) is 25.6. The van der Waals surface area contributed by atoms with Gasteiger partial charge in [0.2, 0.25) is 10.0 Å². The maximum atomic E-state index is 12.3. The van der Waals surface area contributed by atoms with Gasteiger partial charge in [-0.3, -0.25) is 14.5 Å². The van der Waals surface area contributed by atoms with Crippen LogP contribution in [0.25, 0.3) is 0 Å². The Kier molecular flexibility index (Phi) is 5.21. The fourth-order valence-electron chi connectivity index (χ4n) is 3.29. The van der Waals surface area contributed by atoms with Gasteiger partial charge in [0.15, 0.2) is 0 Å². The van der Waals surface area contributed by atoms with Gasteiger partial charge in [0.25, 0.3) is 11.8 Å². The van der Waals surface area contributed by atoms with Crippen molar-refractivity contribution in [2.45, 2.75) is 25.8 Å². The first-order valence-electron chi connectivity index (χ1n) is 8.55. The molecule has 0 saturated carbocycles. The Morgan fingerprint density at radius 1 is 1.20 bits per heavy atom. The number of rotatable bonds is 6. The molecular weight excluding hydrogens is 342 g/mol. The van der Waals surface area contributed by atoms with Gasteiger partial charge in [-0.05, 0) is 37.4 Å². The number of fused-ring (bicyclic) bond motifs is 1. The van der Waals surface area contributed by atoms with E-state index in [9.17, 15) is 18.0 Å². The van der Waals surface area contributed by atoms with Crippen LogP contribution < -0.4 is 10.0 Å². The van der Waals surface area contributed by atoms with Crippen molar-refractivity contribution in [2.24, 2.45) is 5.92 Å². The highest BCUT2D eigenvalue weighted by Gasteiger charge is 2.35. The van der Waals surface area contributed by atoms with E-state index in [0.717, 1.165) is 17.9 Å². The van der Waals surface area contributed by atoms with Crippen LogP contribution in [0.3, 0.4) is 0 Å². The summed E-state index contributed by atoms with van der Waals surface area (Å²) in [6.45, 7) is 3.66. The Hall–Kier alpha value is -1.77. The molecular formula is C17H23N3O4S. The first kappa shape index (κ1) is 18.0. The van der Waals surface area contributed by atoms with E-state index in [1.807, 2.05) is 6.92 Å². The van der Waals surface area contributed by atoms with Crippen molar-refractivity contribution in [3.05, 3.63) is 35.4 Å². The zero-order valence-corrected chi connectivity index (χ0v) is 15.0. The van der Waals surface area contributed by atoms with E-state index in [1.165, 1.54) is 0 Å². The lowest BCUT2D eigenvalue weighted by atomic mass is 9.96. The topological polar surface area (TPSA) is 95.6 Å². The van der Waals surface area contributed by atoms with Crippen molar-refractivity contribution < 1.29 is 18.0 Å². The third-order valence-electron chi connectivity index (χ3n) is 4.83. The molecule has 1 saturated heterocycles. The second-order valence-corrected chi connectivity index (χ2v) is 8.55. The maximum Gasteiger partial charge on any atom is 0.261 e. The Balaban J connectivity index is 1.54. The average molecular weight is 365 g/mol. The normalized spacial score (nSPS) is 23.8. The molecule has 2 heterocycles. The van der Waals surface area contributed by atoms with E-state index in [4.69, 9.17) is 0 Å². The highest BCUT2D eigenvalue weighted by Crippen LogP contribution is 2.22. The van der Waals surface area contributed by atoms with Gasteiger partial charge >= 0.3 is 0 Å². The van der Waals surface area contributed by atoms with Crippen LogP contribution in [-0.2, 0) is 10.0 Å². The third-order valence-corrected chi connectivity index (χ3v) is 6.32. The summed E-state index contributed by atoms with van der Waals surface area (Å²) in [5.74, 6) is -0.525. The van der Waals surface area contributed by atoms with Crippen LogP contribution in [0, 0.1) is 5.92 Å². The van der Waals surface area contributed by atoms with Gasteiger partial charge in [0, 0.05) is 19.1 Å². The van der Waals surface area contributed by atoms with Crippen LogP contribution in [0.15, 0.2) is 24.3 Å². The average Bonchev–Trinajstić information content (AvgIpc) is 2.82. The van der Waals surface area contributed by atoms with Gasteiger partial charge < -0.3 is 5.32 Å². The minimum Gasteiger partial charge on any atom is -0.315 e. The summed E-state index contributed by atoms with van der Waals surface area (Å²) in [6, 6.07) is 6.54. The number of benzene rings is 1. The van der Waals surface area contributed by atoms with Crippen LogP contribution in [-0.4, -0.2) is 56.6 Å². The van der Waals surface area contributed by atoms with Crippen molar-refractivity contribution in [3.63, 3.8) is 0 Å². The number of imide groups is 1. The molecule has 136 valence electrons. The third kappa shape index (κ3) is 3.91. The lowest BCUT2D eigenvalue weighted by Crippen LogP contribution is -2.50. The second kappa shape index (κ2) is 7.23. The molecule has 8 heteroatoms. The molecule has 7 nitrogen and oxygen atoms in total. The number of carbonyl (C=O) groups excluding carboxylic acids is 2. The number of piperidine rings is 1. The predicted octanol–water partition coefficient (Wildman–Crippen LogP) is 0.590. The molecule has 0 bridgehead atoms. The van der Waals surface area contributed by atoms with Gasteiger partial charge in [-0.25, -0.2) is 13.1 Å². The van der Waals surface area contributed by atoms with E-state index in [-0.39, 0.29) is 42.5 Å². The molecule has 0 spiro atoms. The lowest BCUT2D eigenvalue weighted by Gasteiger charge is -2.30. The molecule has 2 N–H and O–H groups in total. The first-order chi connectivity index (χ1) is 11.9. The monoisotopic (exact) mass is 365 g/mol. The summed E-state index contributed by atoms with van der Waals surface area (Å²) in [5.41, 5.74) is 0.770. The Labute approximate surface area is 147 Å². The van der Waals surface area contributed by atoms with Crippen molar-refractivity contribution in [3.8, 4) is 0 Å². The van der Waals surface area contributed by atoms with E-state index in [0.29, 0.717) is 17.7 Å². The first-order valence-corrected chi connectivity index (χ1v) is 10.2. The molecule has 1 fully saturated rings. The quantitative estimate of drug-likeness (QED) is 0.720. The molecule has 2 amide bonds. The van der Waals surface area contributed by atoms with Crippen molar-refractivity contribution in [1.82, 2.24) is 14.9 Å². The molecule has 0 aliphatic carbocycles. The Morgan fingerprint density at radius 2 is 1.84 bits per heavy atom. The minimum absolute atomic E-state index is 0.103. The zero-order valence-electron chi connectivity index (χ0n) is 14.2. The highest BCUT2D eigenvalue weighted by molar-refractivity contribution is 7.89. The largest absolute Gasteiger partial charge is 0.315 e. The summed E-state index contributed by atoms with van der Waals surface area (Å²) in [5, 5.41) is 3.19.